The molecule has 1 amide bonds. The lowest BCUT2D eigenvalue weighted by molar-refractivity contribution is -0.385. The minimum Gasteiger partial charge on any atom is -0.496 e. The predicted molar refractivity (Wildman–Crippen MR) is 92.8 cm³/mol. The second kappa shape index (κ2) is 7.78. The molecule has 0 saturated carbocycles. The minimum atomic E-state index is -0.551. The molecule has 1 atom stereocenters. The Morgan fingerprint density at radius 1 is 1.36 bits per heavy atom. The highest BCUT2D eigenvalue weighted by Gasteiger charge is 2.16. The molecule has 1 aromatic heterocycles. The minimum absolute atomic E-state index is 0.155. The summed E-state index contributed by atoms with van der Waals surface area (Å²) in [5, 5.41) is 18.2. The van der Waals surface area contributed by atoms with Crippen LogP contribution < -0.4 is 10.1 Å². The number of nitro benzene ring substituents is 1. The quantitative estimate of drug-likeness (QED) is 0.613. The van der Waals surface area contributed by atoms with Gasteiger partial charge in [0.05, 0.1) is 23.8 Å². The summed E-state index contributed by atoms with van der Waals surface area (Å²) in [6.07, 6.45) is 0. The van der Waals surface area contributed by atoms with Crippen LogP contribution in [0.25, 0.3) is 0 Å². The number of amides is 1. The van der Waals surface area contributed by atoms with Crippen LogP contribution in [0.15, 0.2) is 24.3 Å². The van der Waals surface area contributed by atoms with Gasteiger partial charge in [0.25, 0.3) is 11.6 Å². The zero-order valence-electron chi connectivity index (χ0n) is 14.8. The van der Waals surface area contributed by atoms with Gasteiger partial charge in [-0.25, -0.2) is 0 Å². The average molecular weight is 346 g/mol. The van der Waals surface area contributed by atoms with Gasteiger partial charge in [0.2, 0.25) is 0 Å². The van der Waals surface area contributed by atoms with Gasteiger partial charge in [-0.1, -0.05) is 6.92 Å². The van der Waals surface area contributed by atoms with Crippen molar-refractivity contribution in [3.63, 3.8) is 0 Å². The Kier molecular flexibility index (Phi) is 5.74. The van der Waals surface area contributed by atoms with Crippen molar-refractivity contribution >= 4 is 11.6 Å². The number of hydrogen-bond acceptors (Lipinski definition) is 5. The molecule has 0 aliphatic carbocycles. The number of nitrogens with zero attached hydrogens (tertiary/aromatic N) is 3. The van der Waals surface area contributed by atoms with Gasteiger partial charge in [0, 0.05) is 30.4 Å². The summed E-state index contributed by atoms with van der Waals surface area (Å²) in [7, 11) is 1.40. The van der Waals surface area contributed by atoms with Crippen LogP contribution in [0.5, 0.6) is 5.75 Å². The fraction of sp³-hybridized carbons (Fsp3) is 0.412. The van der Waals surface area contributed by atoms with Crippen LogP contribution in [0.3, 0.4) is 0 Å². The zero-order valence-corrected chi connectivity index (χ0v) is 14.8. The SMILES string of the molecule is COc1cc(C(=O)NC[C@H](C)Cn2nc(C)cc2C)cc([N+](=O)[O-])c1. The number of aromatic nitrogens is 2. The summed E-state index contributed by atoms with van der Waals surface area (Å²) in [5.41, 5.74) is 2.04. The highest BCUT2D eigenvalue weighted by molar-refractivity contribution is 5.95. The first kappa shape index (κ1) is 18.4. The number of benzene rings is 1. The molecule has 0 spiro atoms. The number of rotatable bonds is 7. The van der Waals surface area contributed by atoms with Crippen molar-refractivity contribution in [1.29, 1.82) is 0 Å². The lowest BCUT2D eigenvalue weighted by atomic mass is 10.1. The molecule has 0 fully saturated rings. The van der Waals surface area contributed by atoms with E-state index in [0.717, 1.165) is 11.4 Å². The molecule has 0 radical (unpaired) electrons. The van der Waals surface area contributed by atoms with Crippen LogP contribution in [0.4, 0.5) is 5.69 Å². The molecular formula is C17H22N4O4. The van der Waals surface area contributed by atoms with Gasteiger partial charge in [-0.3, -0.25) is 19.6 Å². The summed E-state index contributed by atoms with van der Waals surface area (Å²) in [4.78, 5) is 22.7. The van der Waals surface area contributed by atoms with E-state index in [1.54, 1.807) is 0 Å². The maximum absolute atomic E-state index is 12.3. The van der Waals surface area contributed by atoms with Crippen LogP contribution in [-0.2, 0) is 6.54 Å². The number of ether oxygens (including phenoxy) is 1. The van der Waals surface area contributed by atoms with Gasteiger partial charge < -0.3 is 10.1 Å². The van der Waals surface area contributed by atoms with E-state index >= 15 is 0 Å². The van der Waals surface area contributed by atoms with Gasteiger partial charge in [-0.15, -0.1) is 0 Å². The molecule has 0 unspecified atom stereocenters. The molecule has 0 aliphatic heterocycles. The normalized spacial score (nSPS) is 11.8. The molecule has 0 bridgehead atoms. The third-order valence-electron chi connectivity index (χ3n) is 3.80. The predicted octanol–water partition coefficient (Wildman–Crippen LogP) is 2.48. The van der Waals surface area contributed by atoms with Crippen molar-refractivity contribution in [3.8, 4) is 5.75 Å². The van der Waals surface area contributed by atoms with Gasteiger partial charge in [-0.05, 0) is 31.9 Å². The Morgan fingerprint density at radius 2 is 2.08 bits per heavy atom. The molecule has 8 nitrogen and oxygen atoms in total. The molecule has 134 valence electrons. The first-order valence-electron chi connectivity index (χ1n) is 7.93. The van der Waals surface area contributed by atoms with E-state index in [1.807, 2.05) is 31.5 Å². The van der Waals surface area contributed by atoms with Crippen molar-refractivity contribution in [2.24, 2.45) is 5.92 Å². The van der Waals surface area contributed by atoms with Gasteiger partial charge >= 0.3 is 0 Å². The van der Waals surface area contributed by atoms with Crippen molar-refractivity contribution in [2.45, 2.75) is 27.3 Å². The number of nitro groups is 1. The lowest BCUT2D eigenvalue weighted by Gasteiger charge is -2.14. The third-order valence-corrected chi connectivity index (χ3v) is 3.80. The smallest absolute Gasteiger partial charge is 0.273 e. The van der Waals surface area contributed by atoms with E-state index in [9.17, 15) is 14.9 Å². The second-order valence-corrected chi connectivity index (χ2v) is 6.10. The topological polar surface area (TPSA) is 99.3 Å². The van der Waals surface area contributed by atoms with E-state index in [4.69, 9.17) is 4.74 Å². The van der Waals surface area contributed by atoms with Crippen molar-refractivity contribution in [2.75, 3.05) is 13.7 Å². The molecule has 0 aliphatic rings. The Bertz CT molecular complexity index is 785. The maximum atomic E-state index is 12.3. The van der Waals surface area contributed by atoms with E-state index in [2.05, 4.69) is 10.4 Å². The number of carbonyl (C=O) groups excluding carboxylic acids is 1. The number of nitrogens with one attached hydrogen (secondary N) is 1. The second-order valence-electron chi connectivity index (χ2n) is 6.10. The highest BCUT2D eigenvalue weighted by Crippen LogP contribution is 2.22. The first-order chi connectivity index (χ1) is 11.8. The van der Waals surface area contributed by atoms with Crippen LogP contribution >= 0.6 is 0 Å². The van der Waals surface area contributed by atoms with Crippen LogP contribution in [0.2, 0.25) is 0 Å². The molecular weight excluding hydrogens is 324 g/mol. The van der Waals surface area contributed by atoms with Crippen molar-refractivity contribution < 1.29 is 14.5 Å². The summed E-state index contributed by atoms with van der Waals surface area (Å²) >= 11 is 0. The monoisotopic (exact) mass is 346 g/mol. The average Bonchev–Trinajstić information content (AvgIpc) is 2.89. The van der Waals surface area contributed by atoms with E-state index < -0.39 is 4.92 Å². The van der Waals surface area contributed by atoms with Crippen molar-refractivity contribution in [3.05, 3.63) is 51.3 Å². The fourth-order valence-electron chi connectivity index (χ4n) is 2.53. The molecule has 1 N–H and O–H groups in total. The molecule has 0 saturated heterocycles. The van der Waals surface area contributed by atoms with Crippen molar-refractivity contribution in [1.82, 2.24) is 15.1 Å². The van der Waals surface area contributed by atoms with E-state index in [-0.39, 0.29) is 28.8 Å². The summed E-state index contributed by atoms with van der Waals surface area (Å²) < 4.78 is 6.93. The molecule has 8 heteroatoms. The molecule has 2 rings (SSSR count). The van der Waals surface area contributed by atoms with Crippen LogP contribution in [0.1, 0.15) is 28.7 Å². The standard InChI is InChI=1S/C17H22N4O4/c1-11(10-20-13(3)5-12(2)19-20)9-18-17(22)14-6-15(21(23)24)8-16(7-14)25-4/h5-8,11H,9-10H2,1-4H3,(H,18,22)/t11-/m0/s1. The molecule has 1 aromatic carbocycles. The van der Waals surface area contributed by atoms with E-state index in [0.29, 0.717) is 13.1 Å². The highest BCUT2D eigenvalue weighted by atomic mass is 16.6. The van der Waals surface area contributed by atoms with Gasteiger partial charge in [-0.2, -0.15) is 5.10 Å². The Labute approximate surface area is 145 Å². The summed E-state index contributed by atoms with van der Waals surface area (Å²) in [5.74, 6) is 0.0554. The first-order valence-corrected chi connectivity index (χ1v) is 7.93. The third kappa shape index (κ3) is 4.79. The Hall–Kier alpha value is -2.90. The zero-order chi connectivity index (χ0) is 18.6. The Balaban J connectivity index is 2.01. The molecule has 2 aromatic rings. The molecule has 25 heavy (non-hydrogen) atoms. The largest absolute Gasteiger partial charge is 0.496 e. The van der Waals surface area contributed by atoms with Gasteiger partial charge in [0.15, 0.2) is 0 Å². The van der Waals surface area contributed by atoms with Crippen LogP contribution in [-0.4, -0.2) is 34.3 Å². The number of hydrogen-bond donors (Lipinski definition) is 1. The maximum Gasteiger partial charge on any atom is 0.273 e. The number of aryl methyl sites for hydroxylation is 2. The summed E-state index contributed by atoms with van der Waals surface area (Å²) in [6, 6.07) is 6.00. The number of methoxy groups -OCH3 is 1. The fourth-order valence-corrected chi connectivity index (χ4v) is 2.53. The van der Waals surface area contributed by atoms with Gasteiger partial charge in [0.1, 0.15) is 5.75 Å². The number of carbonyl (C=O) groups is 1. The molecule has 1 heterocycles. The summed E-state index contributed by atoms with van der Waals surface area (Å²) in [6.45, 7) is 7.04. The lowest BCUT2D eigenvalue weighted by Crippen LogP contribution is -2.30. The number of non-ortho nitro benzene ring substituents is 1. The Morgan fingerprint density at radius 3 is 2.64 bits per heavy atom. The van der Waals surface area contributed by atoms with Crippen LogP contribution in [0, 0.1) is 29.9 Å². The van der Waals surface area contributed by atoms with E-state index in [1.165, 1.54) is 25.3 Å².